The summed E-state index contributed by atoms with van der Waals surface area (Å²) in [7, 11) is 0. The van der Waals surface area contributed by atoms with Crippen molar-refractivity contribution in [3.05, 3.63) is 72.8 Å². The second-order valence-electron chi connectivity index (χ2n) is 5.52. The molecule has 5 rings (SSSR count). The highest BCUT2D eigenvalue weighted by molar-refractivity contribution is 7.21. The molecule has 0 aliphatic heterocycles. The lowest BCUT2D eigenvalue weighted by atomic mass is 10.1. The molecule has 114 valence electrons. The van der Waals surface area contributed by atoms with Crippen LogP contribution >= 0.6 is 11.3 Å². The van der Waals surface area contributed by atoms with Gasteiger partial charge in [-0.1, -0.05) is 42.5 Å². The van der Waals surface area contributed by atoms with Crippen LogP contribution in [0.4, 0.5) is 0 Å². The zero-order chi connectivity index (χ0) is 15.9. The van der Waals surface area contributed by atoms with E-state index in [1.54, 1.807) is 11.3 Å². The van der Waals surface area contributed by atoms with Crippen molar-refractivity contribution in [1.82, 2.24) is 9.97 Å². The number of hydrogen-bond acceptors (Lipinski definition) is 4. The number of fused-ring (bicyclic) bond motifs is 2. The van der Waals surface area contributed by atoms with Crippen LogP contribution < -0.4 is 0 Å². The van der Waals surface area contributed by atoms with E-state index in [4.69, 9.17) is 9.40 Å². The lowest BCUT2D eigenvalue weighted by molar-refractivity contribution is 0.620. The summed E-state index contributed by atoms with van der Waals surface area (Å²) >= 11 is 1.69. The van der Waals surface area contributed by atoms with E-state index in [0.29, 0.717) is 5.89 Å². The van der Waals surface area contributed by atoms with E-state index in [2.05, 4.69) is 17.1 Å². The molecule has 24 heavy (non-hydrogen) atoms. The van der Waals surface area contributed by atoms with Crippen LogP contribution in [-0.2, 0) is 0 Å². The highest BCUT2D eigenvalue weighted by Gasteiger charge is 2.15. The van der Waals surface area contributed by atoms with Crippen LogP contribution in [0.15, 0.2) is 77.2 Å². The van der Waals surface area contributed by atoms with Crippen LogP contribution in [0.2, 0.25) is 0 Å². The van der Waals surface area contributed by atoms with E-state index in [1.807, 2.05) is 60.7 Å². The van der Waals surface area contributed by atoms with Crippen molar-refractivity contribution in [3.8, 4) is 22.0 Å². The fraction of sp³-hybridized carbons (Fsp3) is 0. The molecule has 5 aromatic rings. The summed E-state index contributed by atoms with van der Waals surface area (Å²) in [6.07, 6.45) is 0. The third kappa shape index (κ3) is 2.12. The predicted molar refractivity (Wildman–Crippen MR) is 98.1 cm³/mol. The lowest BCUT2D eigenvalue weighted by Gasteiger charge is -2.02. The van der Waals surface area contributed by atoms with Crippen LogP contribution in [-0.4, -0.2) is 9.97 Å². The molecule has 0 unspecified atom stereocenters. The number of hydrogen-bond donors (Lipinski definition) is 0. The first-order valence-corrected chi connectivity index (χ1v) is 8.51. The summed E-state index contributed by atoms with van der Waals surface area (Å²) in [6, 6.07) is 24.1. The third-order valence-corrected chi connectivity index (χ3v) is 5.05. The number of oxazole rings is 1. The molecule has 0 bridgehead atoms. The van der Waals surface area contributed by atoms with Gasteiger partial charge in [0, 0.05) is 11.1 Å². The number of para-hydroxylation sites is 3. The van der Waals surface area contributed by atoms with Crippen LogP contribution in [0.5, 0.6) is 0 Å². The van der Waals surface area contributed by atoms with E-state index in [-0.39, 0.29) is 0 Å². The minimum atomic E-state index is 0.631. The van der Waals surface area contributed by atoms with Gasteiger partial charge in [0.15, 0.2) is 5.58 Å². The van der Waals surface area contributed by atoms with Gasteiger partial charge in [0.25, 0.3) is 0 Å². The van der Waals surface area contributed by atoms with Crippen LogP contribution in [0.3, 0.4) is 0 Å². The van der Waals surface area contributed by atoms with Gasteiger partial charge in [0.05, 0.1) is 10.2 Å². The Kier molecular flexibility index (Phi) is 2.96. The fourth-order valence-electron chi connectivity index (χ4n) is 2.83. The third-order valence-electron chi connectivity index (χ3n) is 3.98. The molecule has 0 atom stereocenters. The topological polar surface area (TPSA) is 38.9 Å². The Hall–Kier alpha value is -2.98. The van der Waals surface area contributed by atoms with Crippen molar-refractivity contribution < 1.29 is 4.42 Å². The van der Waals surface area contributed by atoms with Crippen molar-refractivity contribution in [1.29, 1.82) is 0 Å². The average molecular weight is 328 g/mol. The van der Waals surface area contributed by atoms with Gasteiger partial charge in [0.2, 0.25) is 5.89 Å². The maximum atomic E-state index is 5.96. The van der Waals surface area contributed by atoms with Crippen molar-refractivity contribution in [2.24, 2.45) is 0 Å². The largest absolute Gasteiger partial charge is 0.436 e. The Balaban J connectivity index is 1.72. The van der Waals surface area contributed by atoms with Gasteiger partial charge < -0.3 is 4.42 Å². The molecule has 3 nitrogen and oxygen atoms in total. The van der Waals surface area contributed by atoms with E-state index >= 15 is 0 Å². The molecule has 2 aromatic heterocycles. The van der Waals surface area contributed by atoms with Crippen molar-refractivity contribution >= 4 is 32.7 Å². The molecule has 0 fully saturated rings. The highest BCUT2D eigenvalue weighted by Crippen LogP contribution is 2.37. The highest BCUT2D eigenvalue weighted by atomic mass is 32.1. The Labute approximate surface area is 142 Å². The van der Waals surface area contributed by atoms with Gasteiger partial charge in [-0.15, -0.1) is 11.3 Å². The van der Waals surface area contributed by atoms with E-state index in [1.165, 1.54) is 4.70 Å². The molecule has 0 saturated heterocycles. The summed E-state index contributed by atoms with van der Waals surface area (Å²) in [6.45, 7) is 0. The molecule has 0 saturated carbocycles. The number of nitrogens with zero attached hydrogens (tertiary/aromatic N) is 2. The second-order valence-corrected chi connectivity index (χ2v) is 6.55. The molecule has 0 aliphatic rings. The van der Waals surface area contributed by atoms with Gasteiger partial charge in [-0.2, -0.15) is 0 Å². The molecule has 2 heterocycles. The first-order valence-electron chi connectivity index (χ1n) is 7.69. The Bertz CT molecular complexity index is 1010. The molecule has 0 spiro atoms. The smallest absolute Gasteiger partial charge is 0.228 e. The standard InChI is InChI=1S/C20H12N2OS/c1-2-8-14(20-22-16-10-4-6-12-18(16)24-20)13(7-1)19-21-15-9-3-5-11-17(15)23-19/h1-12H. The van der Waals surface area contributed by atoms with Gasteiger partial charge in [0.1, 0.15) is 10.5 Å². The predicted octanol–water partition coefficient (Wildman–Crippen LogP) is 5.77. The van der Waals surface area contributed by atoms with Crippen LogP contribution in [0, 0.1) is 0 Å². The number of thiazole rings is 1. The SMILES string of the molecule is c1ccc(-c2nc3ccccc3s2)c(-c2nc3ccccc3o2)c1. The molecule has 3 aromatic carbocycles. The molecule has 4 heteroatoms. The Morgan fingerprint density at radius 1 is 0.667 bits per heavy atom. The quantitative estimate of drug-likeness (QED) is 0.413. The Morgan fingerprint density at radius 3 is 2.21 bits per heavy atom. The van der Waals surface area contributed by atoms with Gasteiger partial charge in [-0.05, 0) is 30.3 Å². The molecular weight excluding hydrogens is 316 g/mol. The van der Waals surface area contributed by atoms with Crippen LogP contribution in [0.1, 0.15) is 0 Å². The molecule has 0 N–H and O–H groups in total. The fourth-order valence-corrected chi connectivity index (χ4v) is 3.84. The Morgan fingerprint density at radius 2 is 1.38 bits per heavy atom. The van der Waals surface area contributed by atoms with Gasteiger partial charge in [-0.3, -0.25) is 0 Å². The summed E-state index contributed by atoms with van der Waals surface area (Å²) in [5.41, 5.74) is 4.70. The minimum absolute atomic E-state index is 0.631. The van der Waals surface area contributed by atoms with Crippen LogP contribution in [0.25, 0.3) is 43.3 Å². The lowest BCUT2D eigenvalue weighted by Crippen LogP contribution is -1.84. The number of aromatic nitrogens is 2. The molecule has 0 amide bonds. The maximum absolute atomic E-state index is 5.96. The van der Waals surface area contributed by atoms with Gasteiger partial charge in [-0.25, -0.2) is 9.97 Å². The summed E-state index contributed by atoms with van der Waals surface area (Å²) in [5.74, 6) is 0.631. The second kappa shape index (κ2) is 5.28. The minimum Gasteiger partial charge on any atom is -0.436 e. The van der Waals surface area contributed by atoms with E-state index < -0.39 is 0 Å². The average Bonchev–Trinajstić information content (AvgIpc) is 3.25. The van der Waals surface area contributed by atoms with Gasteiger partial charge >= 0.3 is 0 Å². The molecule has 0 radical (unpaired) electrons. The maximum Gasteiger partial charge on any atom is 0.228 e. The van der Waals surface area contributed by atoms with Crippen molar-refractivity contribution in [2.75, 3.05) is 0 Å². The first kappa shape index (κ1) is 13.5. The zero-order valence-corrected chi connectivity index (χ0v) is 13.5. The normalized spacial score (nSPS) is 11.3. The number of rotatable bonds is 2. The number of benzene rings is 3. The monoisotopic (exact) mass is 328 g/mol. The van der Waals surface area contributed by atoms with Crippen molar-refractivity contribution in [2.45, 2.75) is 0 Å². The first-order chi connectivity index (χ1) is 11.9. The van der Waals surface area contributed by atoms with E-state index in [9.17, 15) is 0 Å². The van der Waals surface area contributed by atoms with E-state index in [0.717, 1.165) is 32.8 Å². The van der Waals surface area contributed by atoms with Crippen molar-refractivity contribution in [3.63, 3.8) is 0 Å². The molecular formula is C20H12N2OS. The summed E-state index contributed by atoms with van der Waals surface area (Å²) < 4.78 is 7.14. The summed E-state index contributed by atoms with van der Waals surface area (Å²) in [5, 5.41) is 0.981. The summed E-state index contributed by atoms with van der Waals surface area (Å²) in [4.78, 5) is 9.41. The molecule has 0 aliphatic carbocycles. The zero-order valence-electron chi connectivity index (χ0n) is 12.6.